The molecule has 0 saturated carbocycles. The molecule has 1 aromatic carbocycles. The van der Waals surface area contributed by atoms with E-state index in [1.54, 1.807) is 44.9 Å². The molecule has 0 aliphatic carbocycles. The predicted octanol–water partition coefficient (Wildman–Crippen LogP) is 2.46. The van der Waals surface area contributed by atoms with Crippen molar-refractivity contribution in [3.05, 3.63) is 78.0 Å². The predicted molar refractivity (Wildman–Crippen MR) is 111 cm³/mol. The van der Waals surface area contributed by atoms with Crippen LogP contribution in [0.15, 0.2) is 60.9 Å². The second-order valence-electron chi connectivity index (χ2n) is 7.35. The Hall–Kier alpha value is -4.01. The summed E-state index contributed by atoms with van der Waals surface area (Å²) in [6.45, 7) is 1.73. The standard InChI is InChI=1S/C22H19FN6O2/c23-16-6-4-15(5-7-16)18-13-19(26-25-18)22(31)28-11-9-27(10-12-28)21(30)17-14-24-29-8-2-1-3-20(17)29/h1-8,13-14H,9-12H2,(H,25,26). The monoisotopic (exact) mass is 418 g/mol. The molecule has 0 bridgehead atoms. The Morgan fingerprint density at radius 3 is 2.39 bits per heavy atom. The van der Waals surface area contributed by atoms with Crippen LogP contribution in [0.2, 0.25) is 0 Å². The maximum atomic E-state index is 13.1. The largest absolute Gasteiger partial charge is 0.335 e. The second-order valence-corrected chi connectivity index (χ2v) is 7.35. The van der Waals surface area contributed by atoms with E-state index in [-0.39, 0.29) is 17.6 Å². The molecular formula is C22H19FN6O2. The molecule has 0 radical (unpaired) electrons. The quantitative estimate of drug-likeness (QED) is 0.554. The molecule has 31 heavy (non-hydrogen) atoms. The fraction of sp³-hybridized carbons (Fsp3) is 0.182. The summed E-state index contributed by atoms with van der Waals surface area (Å²) in [6.07, 6.45) is 3.38. The SMILES string of the molecule is O=C(c1cc(-c2ccc(F)cc2)n[nH]1)N1CCN(C(=O)c2cnn3ccccc23)CC1. The number of amides is 2. The summed E-state index contributed by atoms with van der Waals surface area (Å²) in [5.74, 6) is -0.593. The molecule has 4 heterocycles. The molecule has 1 fully saturated rings. The Labute approximate surface area is 176 Å². The number of piperazine rings is 1. The van der Waals surface area contributed by atoms with Gasteiger partial charge in [0.15, 0.2) is 0 Å². The number of benzene rings is 1. The van der Waals surface area contributed by atoms with Gasteiger partial charge in [-0.25, -0.2) is 8.91 Å². The van der Waals surface area contributed by atoms with Crippen molar-refractivity contribution in [3.8, 4) is 11.3 Å². The second kappa shape index (κ2) is 7.67. The summed E-state index contributed by atoms with van der Waals surface area (Å²) in [5, 5.41) is 11.2. The number of hydrogen-bond donors (Lipinski definition) is 1. The number of aromatic amines is 1. The number of hydrogen-bond acceptors (Lipinski definition) is 4. The van der Waals surface area contributed by atoms with Crippen molar-refractivity contribution in [2.75, 3.05) is 26.2 Å². The zero-order valence-electron chi connectivity index (χ0n) is 16.5. The van der Waals surface area contributed by atoms with Crippen LogP contribution < -0.4 is 0 Å². The van der Waals surface area contributed by atoms with E-state index in [9.17, 15) is 14.0 Å². The van der Waals surface area contributed by atoms with Crippen LogP contribution in [0, 0.1) is 5.82 Å². The third-order valence-corrected chi connectivity index (χ3v) is 5.46. The number of fused-ring (bicyclic) bond motifs is 1. The first-order valence-electron chi connectivity index (χ1n) is 9.92. The third-order valence-electron chi connectivity index (χ3n) is 5.46. The molecule has 1 N–H and O–H groups in total. The molecular weight excluding hydrogens is 399 g/mol. The minimum Gasteiger partial charge on any atom is -0.335 e. The normalized spacial score (nSPS) is 14.2. The summed E-state index contributed by atoms with van der Waals surface area (Å²) < 4.78 is 14.8. The van der Waals surface area contributed by atoms with Gasteiger partial charge in [0.2, 0.25) is 0 Å². The average Bonchev–Trinajstić information content (AvgIpc) is 3.46. The number of H-pyrrole nitrogens is 1. The lowest BCUT2D eigenvalue weighted by molar-refractivity contribution is 0.0533. The van der Waals surface area contributed by atoms with Crippen molar-refractivity contribution in [1.29, 1.82) is 0 Å². The van der Waals surface area contributed by atoms with Crippen molar-refractivity contribution in [1.82, 2.24) is 29.6 Å². The third kappa shape index (κ3) is 3.54. The van der Waals surface area contributed by atoms with Gasteiger partial charge >= 0.3 is 0 Å². The fourth-order valence-corrected chi connectivity index (χ4v) is 3.75. The average molecular weight is 418 g/mol. The van der Waals surface area contributed by atoms with Gasteiger partial charge in [-0.1, -0.05) is 6.07 Å². The van der Waals surface area contributed by atoms with E-state index >= 15 is 0 Å². The van der Waals surface area contributed by atoms with Gasteiger partial charge in [0.05, 0.1) is 23.0 Å². The van der Waals surface area contributed by atoms with Gasteiger partial charge in [0.1, 0.15) is 11.5 Å². The number of nitrogens with zero attached hydrogens (tertiary/aromatic N) is 5. The van der Waals surface area contributed by atoms with Crippen LogP contribution in [0.4, 0.5) is 4.39 Å². The zero-order chi connectivity index (χ0) is 21.4. The van der Waals surface area contributed by atoms with Crippen LogP contribution >= 0.6 is 0 Å². The maximum absolute atomic E-state index is 13.1. The van der Waals surface area contributed by atoms with Gasteiger partial charge in [-0.05, 0) is 42.5 Å². The van der Waals surface area contributed by atoms with Crippen LogP contribution in [-0.4, -0.2) is 67.6 Å². The molecule has 0 atom stereocenters. The van der Waals surface area contributed by atoms with Crippen molar-refractivity contribution in [2.24, 2.45) is 0 Å². The Morgan fingerprint density at radius 2 is 1.65 bits per heavy atom. The first-order valence-corrected chi connectivity index (χ1v) is 9.92. The van der Waals surface area contributed by atoms with E-state index in [0.29, 0.717) is 43.1 Å². The molecule has 4 aromatic rings. The van der Waals surface area contributed by atoms with Crippen molar-refractivity contribution >= 4 is 17.3 Å². The lowest BCUT2D eigenvalue weighted by Crippen LogP contribution is -2.50. The van der Waals surface area contributed by atoms with Gasteiger partial charge in [-0.2, -0.15) is 10.2 Å². The minimum absolute atomic E-state index is 0.0894. The summed E-state index contributed by atoms with van der Waals surface area (Å²) in [4.78, 5) is 29.2. The lowest BCUT2D eigenvalue weighted by Gasteiger charge is -2.34. The Kier molecular flexibility index (Phi) is 4.70. The molecule has 1 aliphatic heterocycles. The number of pyridine rings is 1. The van der Waals surface area contributed by atoms with Gasteiger partial charge in [-0.15, -0.1) is 0 Å². The van der Waals surface area contributed by atoms with Crippen LogP contribution in [0.1, 0.15) is 20.8 Å². The smallest absolute Gasteiger partial charge is 0.272 e. The van der Waals surface area contributed by atoms with Crippen molar-refractivity contribution in [3.63, 3.8) is 0 Å². The molecule has 5 rings (SSSR count). The Balaban J connectivity index is 1.25. The van der Waals surface area contributed by atoms with Crippen molar-refractivity contribution < 1.29 is 14.0 Å². The summed E-state index contributed by atoms with van der Waals surface area (Å²) >= 11 is 0. The first-order chi connectivity index (χ1) is 15.1. The van der Waals surface area contributed by atoms with Crippen LogP contribution in [0.5, 0.6) is 0 Å². The summed E-state index contributed by atoms with van der Waals surface area (Å²) in [6, 6.07) is 13.2. The molecule has 1 saturated heterocycles. The van der Waals surface area contributed by atoms with E-state index in [0.717, 1.165) is 11.1 Å². The van der Waals surface area contributed by atoms with E-state index in [1.807, 2.05) is 18.2 Å². The highest BCUT2D eigenvalue weighted by Gasteiger charge is 2.27. The number of carbonyl (C=O) groups excluding carboxylic acids is 2. The Bertz CT molecular complexity index is 1250. The van der Waals surface area contributed by atoms with Gasteiger partial charge in [0, 0.05) is 37.9 Å². The number of rotatable bonds is 3. The topological polar surface area (TPSA) is 86.6 Å². The summed E-state index contributed by atoms with van der Waals surface area (Å²) in [7, 11) is 0. The van der Waals surface area contributed by atoms with Gasteiger partial charge in [-0.3, -0.25) is 14.7 Å². The first kappa shape index (κ1) is 19.0. The molecule has 8 nitrogen and oxygen atoms in total. The van der Waals surface area contributed by atoms with Crippen LogP contribution in [-0.2, 0) is 0 Å². The number of halogens is 1. The highest BCUT2D eigenvalue weighted by molar-refractivity contribution is 6.01. The zero-order valence-corrected chi connectivity index (χ0v) is 16.5. The molecule has 1 aliphatic rings. The number of nitrogens with one attached hydrogen (secondary N) is 1. The van der Waals surface area contributed by atoms with E-state index in [4.69, 9.17) is 0 Å². The molecule has 0 spiro atoms. The number of carbonyl (C=O) groups is 2. The molecule has 3 aromatic heterocycles. The van der Waals surface area contributed by atoms with E-state index < -0.39 is 0 Å². The molecule has 0 unspecified atom stereocenters. The van der Waals surface area contributed by atoms with E-state index in [1.165, 1.54) is 12.1 Å². The van der Waals surface area contributed by atoms with Gasteiger partial charge in [0.25, 0.3) is 11.8 Å². The molecule has 9 heteroatoms. The van der Waals surface area contributed by atoms with E-state index in [2.05, 4.69) is 15.3 Å². The van der Waals surface area contributed by atoms with Crippen LogP contribution in [0.25, 0.3) is 16.8 Å². The number of aromatic nitrogens is 4. The maximum Gasteiger partial charge on any atom is 0.272 e. The van der Waals surface area contributed by atoms with Crippen LogP contribution in [0.3, 0.4) is 0 Å². The molecule has 156 valence electrons. The highest BCUT2D eigenvalue weighted by atomic mass is 19.1. The van der Waals surface area contributed by atoms with Crippen molar-refractivity contribution in [2.45, 2.75) is 0 Å². The lowest BCUT2D eigenvalue weighted by atomic mass is 10.1. The fourth-order valence-electron chi connectivity index (χ4n) is 3.75. The minimum atomic E-state index is -0.327. The molecule has 2 amide bonds. The highest BCUT2D eigenvalue weighted by Crippen LogP contribution is 2.20. The summed E-state index contributed by atoms with van der Waals surface area (Å²) in [5.41, 5.74) is 2.97. The Morgan fingerprint density at radius 1 is 0.935 bits per heavy atom. The van der Waals surface area contributed by atoms with Gasteiger partial charge < -0.3 is 9.80 Å².